The Kier molecular flexibility index (Phi) is 4.42. The third-order valence-electron chi connectivity index (χ3n) is 3.20. The Hall–Kier alpha value is -2.57. The number of carbonyl (C=O) groups excluding carboxylic acids is 2. The molecule has 0 saturated carbocycles. The van der Waals surface area contributed by atoms with Gasteiger partial charge in [0, 0.05) is 19.5 Å². The van der Waals surface area contributed by atoms with Crippen molar-refractivity contribution in [2.45, 2.75) is 32.9 Å². The summed E-state index contributed by atoms with van der Waals surface area (Å²) in [6.45, 7) is 2.83. The first-order valence-electron chi connectivity index (χ1n) is 6.82. The Labute approximate surface area is 121 Å². The van der Waals surface area contributed by atoms with Crippen molar-refractivity contribution in [3.63, 3.8) is 0 Å². The Morgan fingerprint density at radius 2 is 1.71 bits per heavy atom. The molecule has 3 N–H and O–H groups in total. The molecule has 0 aliphatic rings. The fourth-order valence-corrected chi connectivity index (χ4v) is 2.34. The number of hydrogen-bond donors (Lipinski definition) is 2. The average Bonchev–Trinajstić information content (AvgIpc) is 2.69. The zero-order valence-electron chi connectivity index (χ0n) is 11.8. The fourth-order valence-electron chi connectivity index (χ4n) is 2.34. The topological polar surface area (TPSA) is 99.1 Å². The molecule has 1 heterocycles. The van der Waals surface area contributed by atoms with Gasteiger partial charge in [-0.05, 0) is 18.6 Å². The minimum absolute atomic E-state index is 0.0168. The number of benzene rings is 1. The summed E-state index contributed by atoms with van der Waals surface area (Å²) < 4.78 is 3.24. The van der Waals surface area contributed by atoms with E-state index < -0.39 is 11.9 Å². The number of aromatic nitrogens is 2. The summed E-state index contributed by atoms with van der Waals surface area (Å²) >= 11 is 0. The van der Waals surface area contributed by atoms with Crippen LogP contribution in [0.2, 0.25) is 0 Å². The Morgan fingerprint density at radius 1 is 1.14 bits per heavy atom. The predicted molar refractivity (Wildman–Crippen MR) is 78.8 cm³/mol. The Bertz CT molecular complexity index is 729. The summed E-state index contributed by atoms with van der Waals surface area (Å²) in [4.78, 5) is 34.5. The Balaban J connectivity index is 2.31. The van der Waals surface area contributed by atoms with Crippen molar-refractivity contribution in [3.05, 3.63) is 34.7 Å². The minimum Gasteiger partial charge on any atom is -0.351 e. The van der Waals surface area contributed by atoms with Gasteiger partial charge in [0.25, 0.3) is 0 Å². The molecule has 0 aliphatic heterocycles. The number of imidazole rings is 1. The number of amides is 3. The smallest absolute Gasteiger partial charge is 0.329 e. The number of primary amides is 1. The van der Waals surface area contributed by atoms with Crippen LogP contribution < -0.4 is 16.7 Å². The standard InChI is InChI=1S/C14H18N4O3/c1-2-8-17-10-5-3-4-6-11(10)18(14(17)21)9-7-12(19)16-13(15)20/h3-6H,2,7-9H2,1H3,(H3,15,16,19,20). The Morgan fingerprint density at radius 3 is 2.24 bits per heavy atom. The molecule has 0 spiro atoms. The maximum absolute atomic E-state index is 12.4. The summed E-state index contributed by atoms with van der Waals surface area (Å²) in [7, 11) is 0. The van der Waals surface area contributed by atoms with Crippen LogP contribution in [0.1, 0.15) is 19.8 Å². The molecular weight excluding hydrogens is 272 g/mol. The lowest BCUT2D eigenvalue weighted by Gasteiger charge is -2.03. The molecule has 7 nitrogen and oxygen atoms in total. The lowest BCUT2D eigenvalue weighted by molar-refractivity contribution is -0.120. The number of hydrogen-bond acceptors (Lipinski definition) is 3. The van der Waals surface area contributed by atoms with Gasteiger partial charge in [0.05, 0.1) is 11.0 Å². The first kappa shape index (κ1) is 14.8. The molecule has 3 amide bonds. The fraction of sp³-hybridized carbons (Fsp3) is 0.357. The molecule has 112 valence electrons. The van der Waals surface area contributed by atoms with Crippen LogP contribution in [-0.2, 0) is 17.9 Å². The average molecular weight is 290 g/mol. The summed E-state index contributed by atoms with van der Waals surface area (Å²) in [5.74, 6) is -0.498. The molecule has 0 fully saturated rings. The number of nitrogens with two attached hydrogens (primary N) is 1. The second-order valence-electron chi connectivity index (χ2n) is 4.74. The molecule has 21 heavy (non-hydrogen) atoms. The third kappa shape index (κ3) is 3.13. The quantitative estimate of drug-likeness (QED) is 0.851. The second-order valence-corrected chi connectivity index (χ2v) is 4.74. The number of urea groups is 1. The van der Waals surface area contributed by atoms with Crippen molar-refractivity contribution in [1.82, 2.24) is 14.5 Å². The van der Waals surface area contributed by atoms with Crippen molar-refractivity contribution in [3.8, 4) is 0 Å². The maximum Gasteiger partial charge on any atom is 0.329 e. The van der Waals surface area contributed by atoms with Crippen LogP contribution in [0.4, 0.5) is 4.79 Å². The molecule has 0 atom stereocenters. The van der Waals surface area contributed by atoms with E-state index in [2.05, 4.69) is 0 Å². The molecule has 2 rings (SSSR count). The van der Waals surface area contributed by atoms with E-state index in [1.807, 2.05) is 36.5 Å². The van der Waals surface area contributed by atoms with Crippen molar-refractivity contribution >= 4 is 23.0 Å². The minimum atomic E-state index is -0.888. The van der Waals surface area contributed by atoms with Crippen LogP contribution >= 0.6 is 0 Å². The highest BCUT2D eigenvalue weighted by Crippen LogP contribution is 2.13. The van der Waals surface area contributed by atoms with E-state index in [1.165, 1.54) is 0 Å². The van der Waals surface area contributed by atoms with Crippen molar-refractivity contribution in [2.75, 3.05) is 0 Å². The van der Waals surface area contributed by atoms with Gasteiger partial charge in [-0.25, -0.2) is 9.59 Å². The normalized spacial score (nSPS) is 10.7. The van der Waals surface area contributed by atoms with E-state index in [0.717, 1.165) is 17.5 Å². The molecule has 1 aromatic carbocycles. The van der Waals surface area contributed by atoms with Gasteiger partial charge in [-0.1, -0.05) is 19.1 Å². The lowest BCUT2D eigenvalue weighted by Crippen LogP contribution is -2.36. The number of rotatable bonds is 5. The monoisotopic (exact) mass is 290 g/mol. The second kappa shape index (κ2) is 6.25. The molecule has 7 heteroatoms. The molecule has 1 aromatic heterocycles. The molecule has 0 unspecified atom stereocenters. The summed E-state index contributed by atoms with van der Waals surface area (Å²) in [6.07, 6.45) is 0.860. The molecule has 2 aromatic rings. The van der Waals surface area contributed by atoms with Gasteiger partial charge in [0.1, 0.15) is 0 Å². The van der Waals surface area contributed by atoms with Gasteiger partial charge < -0.3 is 5.73 Å². The number of imide groups is 1. The lowest BCUT2D eigenvalue weighted by atomic mass is 10.3. The van der Waals surface area contributed by atoms with Gasteiger partial charge >= 0.3 is 11.7 Å². The number of para-hydroxylation sites is 2. The van der Waals surface area contributed by atoms with E-state index in [0.29, 0.717) is 6.54 Å². The van der Waals surface area contributed by atoms with Crippen molar-refractivity contribution in [2.24, 2.45) is 5.73 Å². The van der Waals surface area contributed by atoms with Crippen LogP contribution in [-0.4, -0.2) is 21.1 Å². The first-order chi connectivity index (χ1) is 10.0. The van der Waals surface area contributed by atoms with Crippen LogP contribution in [0.5, 0.6) is 0 Å². The van der Waals surface area contributed by atoms with Crippen LogP contribution in [0, 0.1) is 0 Å². The number of fused-ring (bicyclic) bond motifs is 1. The van der Waals surface area contributed by atoms with E-state index in [9.17, 15) is 14.4 Å². The van der Waals surface area contributed by atoms with Gasteiger partial charge in [0.2, 0.25) is 5.91 Å². The maximum atomic E-state index is 12.4. The molecule has 0 bridgehead atoms. The van der Waals surface area contributed by atoms with E-state index in [-0.39, 0.29) is 18.7 Å². The summed E-state index contributed by atoms with van der Waals surface area (Å²) in [5.41, 5.74) is 6.36. The van der Waals surface area contributed by atoms with E-state index in [4.69, 9.17) is 5.73 Å². The summed E-state index contributed by atoms with van der Waals surface area (Å²) in [6, 6.07) is 6.55. The number of nitrogens with zero attached hydrogens (tertiary/aromatic N) is 2. The van der Waals surface area contributed by atoms with Gasteiger partial charge in [-0.2, -0.15) is 0 Å². The van der Waals surface area contributed by atoms with Crippen LogP contribution in [0.25, 0.3) is 11.0 Å². The molecular formula is C14H18N4O3. The first-order valence-corrected chi connectivity index (χ1v) is 6.82. The predicted octanol–water partition coefficient (Wildman–Crippen LogP) is 0.798. The zero-order chi connectivity index (χ0) is 15.4. The van der Waals surface area contributed by atoms with Gasteiger partial charge in [-0.15, -0.1) is 0 Å². The highest BCUT2D eigenvalue weighted by Gasteiger charge is 2.13. The molecule has 0 saturated heterocycles. The number of nitrogens with one attached hydrogen (secondary N) is 1. The summed E-state index contributed by atoms with van der Waals surface area (Å²) in [5, 5.41) is 1.99. The van der Waals surface area contributed by atoms with Gasteiger partial charge in [0.15, 0.2) is 0 Å². The third-order valence-corrected chi connectivity index (χ3v) is 3.20. The van der Waals surface area contributed by atoms with Crippen LogP contribution in [0.15, 0.2) is 29.1 Å². The van der Waals surface area contributed by atoms with Crippen molar-refractivity contribution in [1.29, 1.82) is 0 Å². The van der Waals surface area contributed by atoms with E-state index in [1.54, 1.807) is 9.13 Å². The largest absolute Gasteiger partial charge is 0.351 e. The molecule has 0 radical (unpaired) electrons. The van der Waals surface area contributed by atoms with Gasteiger partial charge in [-0.3, -0.25) is 19.2 Å². The highest BCUT2D eigenvalue weighted by atomic mass is 16.2. The van der Waals surface area contributed by atoms with Crippen molar-refractivity contribution < 1.29 is 9.59 Å². The van der Waals surface area contributed by atoms with E-state index >= 15 is 0 Å². The number of carbonyl (C=O) groups is 2. The molecule has 0 aliphatic carbocycles. The zero-order valence-corrected chi connectivity index (χ0v) is 11.8. The highest BCUT2D eigenvalue weighted by molar-refractivity contribution is 5.93. The number of aryl methyl sites for hydroxylation is 2. The SMILES string of the molecule is CCCn1c(=O)n(CCC(=O)NC(N)=O)c2ccccc21. The van der Waals surface area contributed by atoms with Crippen LogP contribution in [0.3, 0.4) is 0 Å².